The van der Waals surface area contributed by atoms with Gasteiger partial charge < -0.3 is 11.1 Å². The lowest BCUT2D eigenvalue weighted by atomic mass is 10.0. The highest BCUT2D eigenvalue weighted by Gasteiger charge is 2.22. The van der Waals surface area contributed by atoms with Crippen molar-refractivity contribution >= 4 is 11.8 Å². The van der Waals surface area contributed by atoms with E-state index in [9.17, 15) is 14.0 Å². The number of amides is 2. The molecule has 0 spiro atoms. The van der Waals surface area contributed by atoms with Crippen molar-refractivity contribution in [2.45, 2.75) is 19.9 Å². The third kappa shape index (κ3) is 3.55. The third-order valence-corrected chi connectivity index (χ3v) is 2.35. The van der Waals surface area contributed by atoms with Crippen LogP contribution in [0.1, 0.15) is 24.2 Å². The van der Waals surface area contributed by atoms with Gasteiger partial charge in [-0.1, -0.05) is 19.9 Å². The summed E-state index contributed by atoms with van der Waals surface area (Å²) < 4.78 is 12.9. The molecule has 1 aromatic carbocycles. The van der Waals surface area contributed by atoms with E-state index >= 15 is 0 Å². The second kappa shape index (κ2) is 5.43. The van der Waals surface area contributed by atoms with Crippen LogP contribution in [-0.2, 0) is 4.79 Å². The number of halogens is 1. The number of carbonyl (C=O) groups excluding carboxylic acids is 2. The summed E-state index contributed by atoms with van der Waals surface area (Å²) in [6.45, 7) is 3.53. The lowest BCUT2D eigenvalue weighted by Crippen LogP contribution is -2.47. The topological polar surface area (TPSA) is 72.2 Å². The van der Waals surface area contributed by atoms with Gasteiger partial charge in [0.2, 0.25) is 5.91 Å². The number of hydrogen-bond donors (Lipinski definition) is 2. The number of rotatable bonds is 4. The standard InChI is InChI=1S/C12H15FN2O2/c1-7(2)10(11(14)16)15-12(17)8-4-3-5-9(13)6-8/h3-7,10H,1-2H3,(H2,14,16)(H,15,17)/t10-/m1/s1. The van der Waals surface area contributed by atoms with E-state index in [0.717, 1.165) is 6.07 Å². The van der Waals surface area contributed by atoms with Crippen LogP contribution in [0.3, 0.4) is 0 Å². The van der Waals surface area contributed by atoms with Gasteiger partial charge in [0.1, 0.15) is 11.9 Å². The molecular weight excluding hydrogens is 223 g/mol. The van der Waals surface area contributed by atoms with Crippen LogP contribution in [0.4, 0.5) is 4.39 Å². The van der Waals surface area contributed by atoms with Crippen molar-refractivity contribution in [3.8, 4) is 0 Å². The van der Waals surface area contributed by atoms with Crippen molar-refractivity contribution in [1.29, 1.82) is 0 Å². The van der Waals surface area contributed by atoms with Crippen molar-refractivity contribution in [2.24, 2.45) is 11.7 Å². The van der Waals surface area contributed by atoms with Crippen LogP contribution in [-0.4, -0.2) is 17.9 Å². The summed E-state index contributed by atoms with van der Waals surface area (Å²) in [5.74, 6) is -1.74. The van der Waals surface area contributed by atoms with Gasteiger partial charge in [0.15, 0.2) is 0 Å². The molecule has 0 aliphatic heterocycles. The van der Waals surface area contributed by atoms with Gasteiger partial charge in [0.05, 0.1) is 0 Å². The minimum atomic E-state index is -0.759. The molecular formula is C12H15FN2O2. The fraction of sp³-hybridized carbons (Fsp3) is 0.333. The summed E-state index contributed by atoms with van der Waals surface area (Å²) in [6, 6.07) is 4.49. The smallest absolute Gasteiger partial charge is 0.252 e. The molecule has 3 N–H and O–H groups in total. The molecule has 1 aromatic rings. The van der Waals surface area contributed by atoms with Crippen molar-refractivity contribution in [1.82, 2.24) is 5.32 Å². The molecule has 0 saturated carbocycles. The second-order valence-electron chi connectivity index (χ2n) is 4.11. The number of carbonyl (C=O) groups is 2. The molecule has 0 aromatic heterocycles. The van der Waals surface area contributed by atoms with Crippen LogP contribution in [0.15, 0.2) is 24.3 Å². The van der Waals surface area contributed by atoms with E-state index < -0.39 is 23.7 Å². The number of nitrogens with two attached hydrogens (primary N) is 1. The average molecular weight is 238 g/mol. The monoisotopic (exact) mass is 238 g/mol. The minimum Gasteiger partial charge on any atom is -0.368 e. The first-order valence-electron chi connectivity index (χ1n) is 5.27. The molecule has 0 saturated heterocycles. The maximum absolute atomic E-state index is 12.9. The molecule has 0 aliphatic rings. The zero-order chi connectivity index (χ0) is 13.0. The van der Waals surface area contributed by atoms with Gasteiger partial charge in [-0.05, 0) is 24.1 Å². The number of primary amides is 1. The Morgan fingerprint density at radius 2 is 2.00 bits per heavy atom. The Bertz CT molecular complexity index is 432. The van der Waals surface area contributed by atoms with E-state index in [2.05, 4.69) is 5.32 Å². The highest BCUT2D eigenvalue weighted by atomic mass is 19.1. The Balaban J connectivity index is 2.81. The fourth-order valence-electron chi connectivity index (χ4n) is 1.42. The Labute approximate surface area is 99.0 Å². The molecule has 0 fully saturated rings. The van der Waals surface area contributed by atoms with E-state index in [0.29, 0.717) is 0 Å². The van der Waals surface area contributed by atoms with Crippen molar-refractivity contribution in [3.63, 3.8) is 0 Å². The molecule has 2 amide bonds. The summed E-state index contributed by atoms with van der Waals surface area (Å²) >= 11 is 0. The largest absolute Gasteiger partial charge is 0.368 e. The normalized spacial score (nSPS) is 12.2. The Kier molecular flexibility index (Phi) is 4.20. The predicted octanol–water partition coefficient (Wildman–Crippen LogP) is 1.07. The molecule has 1 rings (SSSR count). The molecule has 5 heteroatoms. The van der Waals surface area contributed by atoms with Crippen LogP contribution < -0.4 is 11.1 Å². The highest BCUT2D eigenvalue weighted by Crippen LogP contribution is 2.06. The molecule has 0 aliphatic carbocycles. The lowest BCUT2D eigenvalue weighted by Gasteiger charge is -2.18. The maximum atomic E-state index is 12.9. The zero-order valence-corrected chi connectivity index (χ0v) is 9.74. The summed E-state index contributed by atoms with van der Waals surface area (Å²) in [7, 11) is 0. The Morgan fingerprint density at radius 1 is 1.35 bits per heavy atom. The van der Waals surface area contributed by atoms with Crippen LogP contribution in [0.25, 0.3) is 0 Å². The van der Waals surface area contributed by atoms with Gasteiger partial charge in [-0.2, -0.15) is 0 Å². The first-order valence-corrected chi connectivity index (χ1v) is 5.27. The van der Waals surface area contributed by atoms with Crippen molar-refractivity contribution in [3.05, 3.63) is 35.6 Å². The van der Waals surface area contributed by atoms with Crippen molar-refractivity contribution < 1.29 is 14.0 Å². The Morgan fingerprint density at radius 3 is 2.47 bits per heavy atom. The predicted molar refractivity (Wildman–Crippen MR) is 61.7 cm³/mol. The quantitative estimate of drug-likeness (QED) is 0.823. The summed E-state index contributed by atoms with van der Waals surface area (Å²) in [6.07, 6.45) is 0. The van der Waals surface area contributed by atoms with Crippen molar-refractivity contribution in [2.75, 3.05) is 0 Å². The second-order valence-corrected chi connectivity index (χ2v) is 4.11. The number of hydrogen-bond acceptors (Lipinski definition) is 2. The first-order chi connectivity index (χ1) is 7.91. The summed E-state index contributed by atoms with van der Waals surface area (Å²) in [5, 5.41) is 2.48. The van der Waals surface area contributed by atoms with Crippen LogP contribution in [0, 0.1) is 11.7 Å². The molecule has 17 heavy (non-hydrogen) atoms. The third-order valence-electron chi connectivity index (χ3n) is 2.35. The highest BCUT2D eigenvalue weighted by molar-refractivity contribution is 5.97. The van der Waals surface area contributed by atoms with E-state index in [1.807, 2.05) is 0 Å². The summed E-state index contributed by atoms with van der Waals surface area (Å²) in [4.78, 5) is 22.8. The van der Waals surface area contributed by atoms with E-state index in [-0.39, 0.29) is 11.5 Å². The minimum absolute atomic E-state index is 0.120. The van der Waals surface area contributed by atoms with Gasteiger partial charge in [0.25, 0.3) is 5.91 Å². The van der Waals surface area contributed by atoms with Crippen LogP contribution >= 0.6 is 0 Å². The molecule has 0 radical (unpaired) electrons. The summed E-state index contributed by atoms with van der Waals surface area (Å²) in [5.41, 5.74) is 5.33. The van der Waals surface area contributed by atoms with Gasteiger partial charge in [-0.15, -0.1) is 0 Å². The number of nitrogens with one attached hydrogen (secondary N) is 1. The Hall–Kier alpha value is -1.91. The molecule has 0 unspecified atom stereocenters. The maximum Gasteiger partial charge on any atom is 0.252 e. The molecule has 1 atom stereocenters. The average Bonchev–Trinajstić information content (AvgIpc) is 2.24. The zero-order valence-electron chi connectivity index (χ0n) is 9.74. The first kappa shape index (κ1) is 13.2. The van der Waals surface area contributed by atoms with E-state index in [4.69, 9.17) is 5.73 Å². The number of benzene rings is 1. The van der Waals surface area contributed by atoms with Crippen LogP contribution in [0.2, 0.25) is 0 Å². The SMILES string of the molecule is CC(C)[C@@H](NC(=O)c1cccc(F)c1)C(N)=O. The van der Waals surface area contributed by atoms with E-state index in [1.165, 1.54) is 18.2 Å². The molecule has 0 heterocycles. The van der Waals surface area contributed by atoms with Gasteiger partial charge >= 0.3 is 0 Å². The molecule has 0 bridgehead atoms. The van der Waals surface area contributed by atoms with Gasteiger partial charge in [-0.3, -0.25) is 9.59 Å². The van der Waals surface area contributed by atoms with Gasteiger partial charge in [0, 0.05) is 5.56 Å². The van der Waals surface area contributed by atoms with E-state index in [1.54, 1.807) is 13.8 Å². The molecule has 92 valence electrons. The molecule has 4 nitrogen and oxygen atoms in total. The van der Waals surface area contributed by atoms with Crippen LogP contribution in [0.5, 0.6) is 0 Å². The van der Waals surface area contributed by atoms with Gasteiger partial charge in [-0.25, -0.2) is 4.39 Å². The lowest BCUT2D eigenvalue weighted by molar-refractivity contribution is -0.120. The fourth-order valence-corrected chi connectivity index (χ4v) is 1.42.